The topological polar surface area (TPSA) is 49.3 Å². The Bertz CT molecular complexity index is 421. The van der Waals surface area contributed by atoms with Crippen LogP contribution in [0.1, 0.15) is 25.8 Å². The molecule has 0 aliphatic rings. The molecule has 100 valence electrons. The van der Waals surface area contributed by atoms with Crippen LogP contribution in [0, 0.1) is 5.92 Å². The lowest BCUT2D eigenvalue weighted by molar-refractivity contribution is -0.140. The number of nitrogens with one attached hydrogen (secondary N) is 1. The Morgan fingerprint density at radius 1 is 1.39 bits per heavy atom. The Balaban J connectivity index is 2.64. The van der Waals surface area contributed by atoms with Gasteiger partial charge in [0.2, 0.25) is 0 Å². The molecule has 0 saturated carbocycles. The molecule has 5 heteroatoms. The molecule has 0 unspecified atom stereocenters. The molecule has 1 atom stereocenters. The molecule has 3 nitrogen and oxygen atoms in total. The van der Waals surface area contributed by atoms with Crippen molar-refractivity contribution in [3.8, 4) is 0 Å². The van der Waals surface area contributed by atoms with Gasteiger partial charge in [0.05, 0.1) is 0 Å². The van der Waals surface area contributed by atoms with E-state index < -0.39 is 12.0 Å². The van der Waals surface area contributed by atoms with Crippen LogP contribution in [0.4, 0.5) is 0 Å². The number of hydrogen-bond donors (Lipinski definition) is 2. The Labute approximate surface area is 117 Å². The standard InChI is InChI=1S/C13H17Cl2NO2/c1-8(2)5-12(13(17)18)16-7-9-3-4-10(14)6-11(9)15/h3-4,6,8,12,16H,5,7H2,1-2H3,(H,17,18)/t12-/m0/s1. The van der Waals surface area contributed by atoms with E-state index >= 15 is 0 Å². The first-order valence-electron chi connectivity index (χ1n) is 5.80. The molecular weight excluding hydrogens is 273 g/mol. The third-order valence-electron chi connectivity index (χ3n) is 2.56. The minimum absolute atomic E-state index is 0.319. The predicted octanol–water partition coefficient (Wildman–Crippen LogP) is 3.58. The van der Waals surface area contributed by atoms with Crippen LogP contribution in [0.3, 0.4) is 0 Å². The third kappa shape index (κ3) is 4.84. The molecule has 0 aromatic heterocycles. The molecule has 1 rings (SSSR count). The molecule has 0 aliphatic heterocycles. The molecule has 1 aromatic carbocycles. The molecule has 2 N–H and O–H groups in total. The van der Waals surface area contributed by atoms with Gasteiger partial charge in [-0.25, -0.2) is 0 Å². The summed E-state index contributed by atoms with van der Waals surface area (Å²) in [5.74, 6) is -0.520. The van der Waals surface area contributed by atoms with Gasteiger partial charge in [0.1, 0.15) is 6.04 Å². The zero-order valence-corrected chi connectivity index (χ0v) is 11.9. The maximum absolute atomic E-state index is 11.1. The van der Waals surface area contributed by atoms with Crippen LogP contribution in [-0.4, -0.2) is 17.1 Å². The fourth-order valence-corrected chi connectivity index (χ4v) is 2.12. The van der Waals surface area contributed by atoms with E-state index in [2.05, 4.69) is 5.32 Å². The van der Waals surface area contributed by atoms with Crippen molar-refractivity contribution in [2.24, 2.45) is 5.92 Å². The van der Waals surface area contributed by atoms with Gasteiger partial charge in [0, 0.05) is 16.6 Å². The van der Waals surface area contributed by atoms with Crippen molar-refractivity contribution in [2.75, 3.05) is 0 Å². The van der Waals surface area contributed by atoms with E-state index in [1.165, 1.54) is 0 Å². The number of hydrogen-bond acceptors (Lipinski definition) is 2. The van der Waals surface area contributed by atoms with Gasteiger partial charge in [-0.05, 0) is 30.0 Å². The van der Waals surface area contributed by atoms with E-state index in [1.54, 1.807) is 18.2 Å². The number of halogens is 2. The second-order valence-electron chi connectivity index (χ2n) is 4.64. The molecule has 0 radical (unpaired) electrons. The van der Waals surface area contributed by atoms with Crippen molar-refractivity contribution < 1.29 is 9.90 Å². The number of rotatable bonds is 6. The van der Waals surface area contributed by atoms with Crippen molar-refractivity contribution in [3.05, 3.63) is 33.8 Å². The Kier molecular flexibility index (Phi) is 5.93. The molecule has 0 heterocycles. The largest absolute Gasteiger partial charge is 0.480 e. The van der Waals surface area contributed by atoms with Crippen LogP contribution < -0.4 is 5.32 Å². The van der Waals surface area contributed by atoms with Gasteiger partial charge >= 0.3 is 5.97 Å². The van der Waals surface area contributed by atoms with Gasteiger partial charge < -0.3 is 10.4 Å². The molecular formula is C13H17Cl2NO2. The Hall–Kier alpha value is -0.770. The van der Waals surface area contributed by atoms with Gasteiger partial charge in [-0.15, -0.1) is 0 Å². The van der Waals surface area contributed by atoms with E-state index in [1.807, 2.05) is 13.8 Å². The average molecular weight is 290 g/mol. The van der Waals surface area contributed by atoms with Crippen molar-refractivity contribution in [2.45, 2.75) is 32.9 Å². The molecule has 1 aromatic rings. The number of carboxylic acid groups (broad SMARTS) is 1. The third-order valence-corrected chi connectivity index (χ3v) is 3.15. The molecule has 0 saturated heterocycles. The van der Waals surface area contributed by atoms with E-state index in [-0.39, 0.29) is 0 Å². The zero-order valence-electron chi connectivity index (χ0n) is 10.4. The number of benzene rings is 1. The summed E-state index contributed by atoms with van der Waals surface area (Å²) in [4.78, 5) is 11.1. The van der Waals surface area contributed by atoms with Crippen molar-refractivity contribution >= 4 is 29.2 Å². The Morgan fingerprint density at radius 2 is 2.06 bits per heavy atom. The molecule has 0 bridgehead atoms. The van der Waals surface area contributed by atoms with Gasteiger partial charge in [-0.2, -0.15) is 0 Å². The maximum Gasteiger partial charge on any atom is 0.320 e. The fourth-order valence-electron chi connectivity index (χ4n) is 1.64. The highest BCUT2D eigenvalue weighted by Crippen LogP contribution is 2.21. The summed E-state index contributed by atoms with van der Waals surface area (Å²) in [7, 11) is 0. The first-order chi connectivity index (χ1) is 8.40. The summed E-state index contributed by atoms with van der Waals surface area (Å²) in [6.45, 7) is 4.40. The normalized spacial score (nSPS) is 12.7. The molecule has 0 amide bonds. The first kappa shape index (κ1) is 15.3. The van der Waals surface area contributed by atoms with Crippen molar-refractivity contribution in [1.82, 2.24) is 5.32 Å². The van der Waals surface area contributed by atoms with Crippen LogP contribution in [0.5, 0.6) is 0 Å². The minimum Gasteiger partial charge on any atom is -0.480 e. The highest BCUT2D eigenvalue weighted by molar-refractivity contribution is 6.35. The van der Waals surface area contributed by atoms with Crippen molar-refractivity contribution in [3.63, 3.8) is 0 Å². The highest BCUT2D eigenvalue weighted by atomic mass is 35.5. The lowest BCUT2D eigenvalue weighted by atomic mass is 10.0. The minimum atomic E-state index is -0.839. The maximum atomic E-state index is 11.1. The fraction of sp³-hybridized carbons (Fsp3) is 0.462. The second-order valence-corrected chi connectivity index (χ2v) is 5.48. The van der Waals surface area contributed by atoms with E-state index in [4.69, 9.17) is 28.3 Å². The molecule has 18 heavy (non-hydrogen) atoms. The smallest absolute Gasteiger partial charge is 0.320 e. The number of carbonyl (C=O) groups is 1. The van der Waals surface area contributed by atoms with Gasteiger partial charge in [-0.3, -0.25) is 4.79 Å². The number of carboxylic acids is 1. The average Bonchev–Trinajstić information content (AvgIpc) is 2.25. The molecule has 0 fully saturated rings. The number of aliphatic carboxylic acids is 1. The lowest BCUT2D eigenvalue weighted by Gasteiger charge is -2.17. The summed E-state index contributed by atoms with van der Waals surface area (Å²) >= 11 is 11.8. The predicted molar refractivity (Wildman–Crippen MR) is 74.2 cm³/mol. The molecule has 0 spiro atoms. The van der Waals surface area contributed by atoms with Crippen molar-refractivity contribution in [1.29, 1.82) is 0 Å². The van der Waals surface area contributed by atoms with Crippen LogP contribution in [0.25, 0.3) is 0 Å². The summed E-state index contributed by atoms with van der Waals surface area (Å²) in [5, 5.41) is 13.2. The van der Waals surface area contributed by atoms with Crippen LogP contribution >= 0.6 is 23.2 Å². The van der Waals surface area contributed by atoms with E-state index in [0.717, 1.165) is 5.56 Å². The van der Waals surface area contributed by atoms with Crippen LogP contribution in [0.15, 0.2) is 18.2 Å². The second kappa shape index (κ2) is 6.98. The zero-order chi connectivity index (χ0) is 13.7. The van der Waals surface area contributed by atoms with Crippen LogP contribution in [-0.2, 0) is 11.3 Å². The monoisotopic (exact) mass is 289 g/mol. The Morgan fingerprint density at radius 3 is 2.56 bits per heavy atom. The quantitative estimate of drug-likeness (QED) is 0.842. The lowest BCUT2D eigenvalue weighted by Crippen LogP contribution is -2.37. The van der Waals surface area contributed by atoms with Gasteiger partial charge in [0.25, 0.3) is 0 Å². The highest BCUT2D eigenvalue weighted by Gasteiger charge is 2.18. The molecule has 0 aliphatic carbocycles. The van der Waals surface area contributed by atoms with Gasteiger partial charge in [0.15, 0.2) is 0 Å². The summed E-state index contributed by atoms with van der Waals surface area (Å²) < 4.78 is 0. The summed E-state index contributed by atoms with van der Waals surface area (Å²) in [5.41, 5.74) is 0.844. The SMILES string of the molecule is CC(C)C[C@H](NCc1ccc(Cl)cc1Cl)C(=O)O. The summed E-state index contributed by atoms with van der Waals surface area (Å²) in [6, 6.07) is 4.63. The van der Waals surface area contributed by atoms with E-state index in [0.29, 0.717) is 28.9 Å². The summed E-state index contributed by atoms with van der Waals surface area (Å²) in [6.07, 6.45) is 0.584. The van der Waals surface area contributed by atoms with Crippen LogP contribution in [0.2, 0.25) is 10.0 Å². The van der Waals surface area contributed by atoms with E-state index in [9.17, 15) is 4.79 Å². The first-order valence-corrected chi connectivity index (χ1v) is 6.56. The van der Waals surface area contributed by atoms with Gasteiger partial charge in [-0.1, -0.05) is 43.1 Å².